The quantitative estimate of drug-likeness (QED) is 0.519. The summed E-state index contributed by atoms with van der Waals surface area (Å²) in [5, 5.41) is 38.8. The normalized spacial score (nSPS) is 14.4. The second-order valence-electron chi connectivity index (χ2n) is 3.84. The second-order valence-corrected chi connectivity index (χ2v) is 3.84. The van der Waals surface area contributed by atoms with Crippen molar-refractivity contribution in [1.29, 1.82) is 0 Å². The van der Waals surface area contributed by atoms with Crippen molar-refractivity contribution in [3.05, 3.63) is 39.4 Å². The summed E-state index contributed by atoms with van der Waals surface area (Å²) in [5.74, 6) is 0. The van der Waals surface area contributed by atoms with Crippen LogP contribution in [0.25, 0.3) is 0 Å². The molecule has 0 saturated carbocycles. The second kappa shape index (κ2) is 5.72. The number of nitro benzene ring substituents is 1. The van der Waals surface area contributed by atoms with E-state index in [4.69, 9.17) is 5.11 Å². The molecule has 0 radical (unpaired) electrons. The van der Waals surface area contributed by atoms with Gasteiger partial charge in [-0.2, -0.15) is 0 Å². The number of hydrogen-bond donors (Lipinski definition) is 3. The van der Waals surface area contributed by atoms with Crippen LogP contribution in [0.2, 0.25) is 0 Å². The summed E-state index contributed by atoms with van der Waals surface area (Å²) in [4.78, 5) is 10.2. The molecule has 1 aromatic carbocycles. The number of nitrogens with zero attached hydrogens (tertiary/aromatic N) is 1. The highest BCUT2D eigenvalue weighted by Gasteiger charge is 2.25. The van der Waals surface area contributed by atoms with Crippen molar-refractivity contribution in [2.24, 2.45) is 0 Å². The molecule has 0 aliphatic carbocycles. The van der Waals surface area contributed by atoms with E-state index in [0.717, 1.165) is 0 Å². The minimum absolute atomic E-state index is 0.0355. The van der Waals surface area contributed by atoms with E-state index >= 15 is 0 Å². The smallest absolute Gasteiger partial charge is 0.275 e. The van der Waals surface area contributed by atoms with Gasteiger partial charge in [-0.25, -0.2) is 0 Å². The van der Waals surface area contributed by atoms with Crippen molar-refractivity contribution in [1.82, 2.24) is 0 Å². The van der Waals surface area contributed by atoms with Gasteiger partial charge in [-0.1, -0.05) is 6.07 Å². The van der Waals surface area contributed by atoms with E-state index in [1.54, 1.807) is 13.0 Å². The van der Waals surface area contributed by atoms with Crippen LogP contribution in [0.1, 0.15) is 23.7 Å². The lowest BCUT2D eigenvalue weighted by atomic mass is 9.99. The van der Waals surface area contributed by atoms with Gasteiger partial charge in [0, 0.05) is 12.7 Å². The van der Waals surface area contributed by atoms with Crippen LogP contribution >= 0.6 is 0 Å². The Bertz CT molecular complexity index is 407. The molecule has 94 valence electrons. The Morgan fingerprint density at radius 1 is 1.41 bits per heavy atom. The first-order valence-corrected chi connectivity index (χ1v) is 5.19. The molecule has 0 aliphatic rings. The highest BCUT2D eigenvalue weighted by Crippen LogP contribution is 2.29. The summed E-state index contributed by atoms with van der Waals surface area (Å²) in [5.41, 5.74) is 0.528. The summed E-state index contributed by atoms with van der Waals surface area (Å²) in [6, 6.07) is 4.38. The number of benzene rings is 1. The number of hydrogen-bond acceptors (Lipinski definition) is 5. The van der Waals surface area contributed by atoms with Crippen LogP contribution in [0, 0.1) is 17.0 Å². The minimum atomic E-state index is -1.37. The largest absolute Gasteiger partial charge is 0.396 e. The van der Waals surface area contributed by atoms with Crippen molar-refractivity contribution in [3.63, 3.8) is 0 Å². The molecular formula is C11H15NO5. The van der Waals surface area contributed by atoms with Gasteiger partial charge < -0.3 is 15.3 Å². The van der Waals surface area contributed by atoms with Gasteiger partial charge in [-0.15, -0.1) is 0 Å². The maximum atomic E-state index is 10.8. The highest BCUT2D eigenvalue weighted by molar-refractivity contribution is 5.44. The summed E-state index contributed by atoms with van der Waals surface area (Å²) < 4.78 is 0. The van der Waals surface area contributed by atoms with Gasteiger partial charge in [0.05, 0.1) is 16.6 Å². The molecule has 0 amide bonds. The predicted octanol–water partition coefficient (Wildman–Crippen LogP) is 0.680. The summed E-state index contributed by atoms with van der Waals surface area (Å²) in [7, 11) is 0. The molecule has 1 rings (SSSR count). The molecule has 2 atom stereocenters. The fraction of sp³-hybridized carbons (Fsp3) is 0.455. The Balaban J connectivity index is 3.08. The van der Waals surface area contributed by atoms with Crippen molar-refractivity contribution < 1.29 is 20.2 Å². The van der Waals surface area contributed by atoms with Crippen LogP contribution in [0.5, 0.6) is 0 Å². The van der Waals surface area contributed by atoms with Crippen LogP contribution in [0.15, 0.2) is 18.2 Å². The van der Waals surface area contributed by atoms with Crippen LogP contribution < -0.4 is 0 Å². The zero-order valence-electron chi connectivity index (χ0n) is 9.41. The lowest BCUT2D eigenvalue weighted by Crippen LogP contribution is -2.20. The zero-order valence-corrected chi connectivity index (χ0v) is 9.41. The Morgan fingerprint density at radius 2 is 2.06 bits per heavy atom. The molecule has 0 aliphatic heterocycles. The van der Waals surface area contributed by atoms with Crippen LogP contribution in [-0.2, 0) is 0 Å². The molecule has 6 heteroatoms. The van der Waals surface area contributed by atoms with E-state index < -0.39 is 17.1 Å². The molecule has 0 aromatic heterocycles. The van der Waals surface area contributed by atoms with Crippen molar-refractivity contribution in [2.75, 3.05) is 6.61 Å². The van der Waals surface area contributed by atoms with Gasteiger partial charge in [-0.3, -0.25) is 10.1 Å². The third kappa shape index (κ3) is 3.23. The molecule has 0 heterocycles. The van der Waals surface area contributed by atoms with E-state index in [1.165, 1.54) is 12.1 Å². The molecule has 1 aromatic rings. The number of rotatable bonds is 5. The number of aliphatic hydroxyl groups excluding tert-OH is 3. The van der Waals surface area contributed by atoms with Crippen LogP contribution in [0.4, 0.5) is 5.69 Å². The summed E-state index contributed by atoms with van der Waals surface area (Å²) in [6.45, 7) is 1.41. The van der Waals surface area contributed by atoms with Gasteiger partial charge in [0.15, 0.2) is 0 Å². The lowest BCUT2D eigenvalue weighted by Gasteiger charge is -2.17. The van der Waals surface area contributed by atoms with Crippen LogP contribution in [0.3, 0.4) is 0 Å². The number of nitro groups is 1. The first kappa shape index (κ1) is 13.6. The summed E-state index contributed by atoms with van der Waals surface area (Å²) in [6.07, 6.45) is -2.63. The van der Waals surface area contributed by atoms with Crippen molar-refractivity contribution in [3.8, 4) is 0 Å². The van der Waals surface area contributed by atoms with E-state index in [1.807, 2.05) is 0 Å². The van der Waals surface area contributed by atoms with Gasteiger partial charge in [0.25, 0.3) is 5.69 Å². The van der Waals surface area contributed by atoms with Gasteiger partial charge in [-0.05, 0) is 25.0 Å². The standard InChI is InChI=1S/C11H15NO5/c1-7-2-3-8(9(6-7)12(16)17)11(15)10(14)4-5-13/h2-3,6,10-11,13-15H,4-5H2,1H3. The summed E-state index contributed by atoms with van der Waals surface area (Å²) >= 11 is 0. The fourth-order valence-corrected chi connectivity index (χ4v) is 1.56. The Kier molecular flexibility index (Phi) is 4.56. The number of aliphatic hydroxyl groups is 3. The lowest BCUT2D eigenvalue weighted by molar-refractivity contribution is -0.386. The molecule has 0 fully saturated rings. The minimum Gasteiger partial charge on any atom is -0.396 e. The monoisotopic (exact) mass is 241 g/mol. The molecule has 0 bridgehead atoms. The molecule has 6 nitrogen and oxygen atoms in total. The Hall–Kier alpha value is -1.50. The Morgan fingerprint density at radius 3 is 2.59 bits per heavy atom. The fourth-order valence-electron chi connectivity index (χ4n) is 1.56. The molecule has 3 N–H and O–H groups in total. The van der Waals surface area contributed by atoms with E-state index in [2.05, 4.69) is 0 Å². The third-order valence-electron chi connectivity index (χ3n) is 2.49. The van der Waals surface area contributed by atoms with E-state index in [9.17, 15) is 20.3 Å². The molecule has 17 heavy (non-hydrogen) atoms. The molecule has 0 saturated heterocycles. The zero-order chi connectivity index (χ0) is 13.0. The predicted molar refractivity (Wildman–Crippen MR) is 60.5 cm³/mol. The third-order valence-corrected chi connectivity index (χ3v) is 2.49. The molecule has 0 spiro atoms. The van der Waals surface area contributed by atoms with E-state index in [0.29, 0.717) is 5.56 Å². The Labute approximate surface area is 98.3 Å². The highest BCUT2D eigenvalue weighted by atomic mass is 16.6. The molecular weight excluding hydrogens is 226 g/mol. The average molecular weight is 241 g/mol. The SMILES string of the molecule is Cc1ccc(C(O)C(O)CCO)c([N+](=O)[O-])c1. The van der Waals surface area contributed by atoms with Crippen LogP contribution in [-0.4, -0.2) is 33.0 Å². The van der Waals surface area contributed by atoms with Crippen molar-refractivity contribution in [2.45, 2.75) is 25.6 Å². The maximum Gasteiger partial charge on any atom is 0.275 e. The van der Waals surface area contributed by atoms with E-state index in [-0.39, 0.29) is 24.3 Å². The first-order chi connectivity index (χ1) is 7.97. The average Bonchev–Trinajstić information content (AvgIpc) is 2.28. The van der Waals surface area contributed by atoms with Gasteiger partial charge in [0.1, 0.15) is 6.10 Å². The van der Waals surface area contributed by atoms with Gasteiger partial charge >= 0.3 is 0 Å². The topological polar surface area (TPSA) is 104 Å². The maximum absolute atomic E-state index is 10.8. The number of aryl methyl sites for hydroxylation is 1. The van der Waals surface area contributed by atoms with Gasteiger partial charge in [0.2, 0.25) is 0 Å². The first-order valence-electron chi connectivity index (χ1n) is 5.19. The van der Waals surface area contributed by atoms with Crippen molar-refractivity contribution >= 4 is 5.69 Å². The molecule has 2 unspecified atom stereocenters.